The number of fused-ring (bicyclic) bond motifs is 8. The van der Waals surface area contributed by atoms with Gasteiger partial charge in [-0.25, -0.2) is 0 Å². The van der Waals surface area contributed by atoms with Crippen molar-refractivity contribution in [3.05, 3.63) is 41.5 Å². The highest BCUT2D eigenvalue weighted by Gasteiger charge is 2.64. The first-order valence-corrected chi connectivity index (χ1v) is 9.05. The average Bonchev–Trinajstić information content (AvgIpc) is 3.31. The summed E-state index contributed by atoms with van der Waals surface area (Å²) in [6.45, 7) is 2.12. The van der Waals surface area contributed by atoms with E-state index in [1.54, 1.807) is 21.3 Å². The minimum Gasteiger partial charge on any atom is -0.496 e. The SMILES string of the molecule is COc1c2c(c(OC)c3c(OC)cccc13)C(=O)[C@]1(C)C2[C@@H]2C=C[C@H]1C2. The van der Waals surface area contributed by atoms with Crippen molar-refractivity contribution >= 4 is 16.6 Å². The standard InChI is InChI=1S/C22H22O4/c1-22-12-9-8-11(10-12)18(22)16-17(21(22)23)20(26-4)15-13(19(16)25-3)6-5-7-14(15)24-2/h5-9,11-12,18H,10H2,1-4H3/t11-,12+,18?,22+/m1/s1. The van der Waals surface area contributed by atoms with Crippen molar-refractivity contribution in [1.82, 2.24) is 0 Å². The van der Waals surface area contributed by atoms with Gasteiger partial charge in [-0.05, 0) is 24.3 Å². The maximum absolute atomic E-state index is 13.7. The number of allylic oxidation sites excluding steroid dienone is 2. The van der Waals surface area contributed by atoms with Crippen LogP contribution in [0.4, 0.5) is 0 Å². The summed E-state index contributed by atoms with van der Waals surface area (Å²) in [6, 6.07) is 5.86. The number of methoxy groups -OCH3 is 3. The molecule has 2 aromatic carbocycles. The number of rotatable bonds is 3. The Kier molecular flexibility index (Phi) is 3.04. The molecule has 1 fully saturated rings. The average molecular weight is 350 g/mol. The highest BCUT2D eigenvalue weighted by molar-refractivity contribution is 6.16. The summed E-state index contributed by atoms with van der Waals surface area (Å²) in [5, 5.41) is 1.75. The maximum Gasteiger partial charge on any atom is 0.174 e. The molecule has 4 atom stereocenters. The van der Waals surface area contributed by atoms with Crippen molar-refractivity contribution in [2.24, 2.45) is 17.3 Å². The summed E-state index contributed by atoms with van der Waals surface area (Å²) in [7, 11) is 4.95. The number of hydrogen-bond donors (Lipinski definition) is 0. The van der Waals surface area contributed by atoms with Gasteiger partial charge >= 0.3 is 0 Å². The molecule has 26 heavy (non-hydrogen) atoms. The number of hydrogen-bond acceptors (Lipinski definition) is 4. The van der Waals surface area contributed by atoms with Crippen LogP contribution in [0, 0.1) is 17.3 Å². The Labute approximate surface area is 152 Å². The topological polar surface area (TPSA) is 44.8 Å². The quantitative estimate of drug-likeness (QED) is 0.772. The molecule has 0 heterocycles. The molecular weight excluding hydrogens is 328 g/mol. The van der Waals surface area contributed by atoms with E-state index in [1.165, 1.54) is 0 Å². The van der Waals surface area contributed by atoms with E-state index >= 15 is 0 Å². The molecule has 0 aliphatic heterocycles. The Morgan fingerprint density at radius 2 is 1.81 bits per heavy atom. The van der Waals surface area contributed by atoms with Gasteiger partial charge in [-0.1, -0.05) is 31.2 Å². The number of ether oxygens (including phenoxy) is 3. The van der Waals surface area contributed by atoms with Gasteiger partial charge in [-0.15, -0.1) is 0 Å². The summed E-state index contributed by atoms with van der Waals surface area (Å²) >= 11 is 0. The van der Waals surface area contributed by atoms with Crippen LogP contribution in [-0.2, 0) is 0 Å². The maximum atomic E-state index is 13.7. The summed E-state index contributed by atoms with van der Waals surface area (Å²) < 4.78 is 17.3. The monoisotopic (exact) mass is 350 g/mol. The zero-order chi connectivity index (χ0) is 18.2. The summed E-state index contributed by atoms with van der Waals surface area (Å²) in [6.07, 6.45) is 5.55. The van der Waals surface area contributed by atoms with Crippen LogP contribution >= 0.6 is 0 Å². The third-order valence-corrected chi connectivity index (χ3v) is 6.86. The third-order valence-electron chi connectivity index (χ3n) is 6.86. The number of carbonyl (C=O) groups excluding carboxylic acids is 1. The minimum absolute atomic E-state index is 0.152. The molecule has 0 saturated heterocycles. The van der Waals surface area contributed by atoms with E-state index in [-0.39, 0.29) is 17.6 Å². The molecule has 0 N–H and O–H groups in total. The summed E-state index contributed by atoms with van der Waals surface area (Å²) in [5.74, 6) is 3.10. The summed E-state index contributed by atoms with van der Waals surface area (Å²) in [5.41, 5.74) is 1.30. The first kappa shape index (κ1) is 15.7. The Morgan fingerprint density at radius 1 is 1.04 bits per heavy atom. The first-order chi connectivity index (χ1) is 12.6. The lowest BCUT2D eigenvalue weighted by molar-refractivity contribution is 0.0779. The van der Waals surface area contributed by atoms with Crippen molar-refractivity contribution in [1.29, 1.82) is 0 Å². The fraction of sp³-hybridized carbons (Fsp3) is 0.409. The van der Waals surface area contributed by atoms with Crippen LogP contribution in [0.3, 0.4) is 0 Å². The molecule has 0 aromatic heterocycles. The summed E-state index contributed by atoms with van der Waals surface area (Å²) in [4.78, 5) is 13.7. The molecule has 3 aliphatic rings. The Bertz CT molecular complexity index is 990. The van der Waals surface area contributed by atoms with Crippen molar-refractivity contribution < 1.29 is 19.0 Å². The van der Waals surface area contributed by atoms with E-state index in [4.69, 9.17) is 14.2 Å². The fourth-order valence-electron chi connectivity index (χ4n) is 5.76. The van der Waals surface area contributed by atoms with E-state index in [2.05, 4.69) is 19.1 Å². The molecule has 4 nitrogen and oxygen atoms in total. The molecule has 1 saturated carbocycles. The van der Waals surface area contributed by atoms with Crippen LogP contribution in [-0.4, -0.2) is 27.1 Å². The number of carbonyl (C=O) groups is 1. The number of ketones is 1. The van der Waals surface area contributed by atoms with Gasteiger partial charge in [-0.2, -0.15) is 0 Å². The zero-order valence-electron chi connectivity index (χ0n) is 15.5. The zero-order valence-corrected chi connectivity index (χ0v) is 15.5. The Balaban J connectivity index is 1.95. The largest absolute Gasteiger partial charge is 0.496 e. The van der Waals surface area contributed by atoms with Gasteiger partial charge in [0.05, 0.1) is 32.3 Å². The van der Waals surface area contributed by atoms with Crippen molar-refractivity contribution in [3.63, 3.8) is 0 Å². The van der Waals surface area contributed by atoms with Gasteiger partial charge < -0.3 is 14.2 Å². The predicted molar refractivity (Wildman–Crippen MR) is 99.5 cm³/mol. The second-order valence-electron chi connectivity index (χ2n) is 7.72. The lowest BCUT2D eigenvalue weighted by Crippen LogP contribution is -2.32. The van der Waals surface area contributed by atoms with Gasteiger partial charge in [0, 0.05) is 22.3 Å². The van der Waals surface area contributed by atoms with Crippen molar-refractivity contribution in [2.75, 3.05) is 21.3 Å². The van der Waals surface area contributed by atoms with E-state index in [1.807, 2.05) is 18.2 Å². The van der Waals surface area contributed by atoms with Crippen LogP contribution in [0.15, 0.2) is 30.4 Å². The molecule has 0 spiro atoms. The highest BCUT2D eigenvalue weighted by atomic mass is 16.5. The van der Waals surface area contributed by atoms with Crippen LogP contribution in [0.2, 0.25) is 0 Å². The molecule has 2 bridgehead atoms. The smallest absolute Gasteiger partial charge is 0.174 e. The van der Waals surface area contributed by atoms with E-state index in [9.17, 15) is 4.79 Å². The van der Waals surface area contributed by atoms with Crippen LogP contribution in [0.5, 0.6) is 17.2 Å². The van der Waals surface area contributed by atoms with E-state index in [0.29, 0.717) is 23.0 Å². The van der Waals surface area contributed by atoms with Crippen LogP contribution in [0.25, 0.3) is 10.8 Å². The second kappa shape index (κ2) is 5.03. The molecule has 5 rings (SSSR count). The molecule has 1 unspecified atom stereocenters. The molecule has 134 valence electrons. The fourth-order valence-corrected chi connectivity index (χ4v) is 5.76. The van der Waals surface area contributed by atoms with Gasteiger partial charge in [0.25, 0.3) is 0 Å². The predicted octanol–water partition coefficient (Wildman–Crippen LogP) is 4.36. The lowest BCUT2D eigenvalue weighted by Gasteiger charge is -2.31. The number of benzene rings is 2. The van der Waals surface area contributed by atoms with Gasteiger partial charge in [0.1, 0.15) is 17.2 Å². The van der Waals surface area contributed by atoms with Gasteiger partial charge in [0.15, 0.2) is 5.78 Å². The van der Waals surface area contributed by atoms with Crippen molar-refractivity contribution in [3.8, 4) is 17.2 Å². The van der Waals surface area contributed by atoms with Crippen LogP contribution < -0.4 is 14.2 Å². The first-order valence-electron chi connectivity index (χ1n) is 9.05. The second-order valence-corrected chi connectivity index (χ2v) is 7.72. The molecular formula is C22H22O4. The minimum atomic E-state index is -0.410. The van der Waals surface area contributed by atoms with E-state index < -0.39 is 5.41 Å². The number of Topliss-reactive ketones (excluding diaryl/α,β-unsaturated/α-hetero) is 1. The van der Waals surface area contributed by atoms with Gasteiger partial charge in [0.2, 0.25) is 0 Å². The molecule has 3 aliphatic carbocycles. The Morgan fingerprint density at radius 3 is 2.50 bits per heavy atom. The normalized spacial score (nSPS) is 30.6. The van der Waals surface area contributed by atoms with Crippen LogP contribution in [0.1, 0.15) is 35.2 Å². The van der Waals surface area contributed by atoms with Gasteiger partial charge in [-0.3, -0.25) is 4.79 Å². The lowest BCUT2D eigenvalue weighted by atomic mass is 9.70. The third kappa shape index (κ3) is 1.55. The molecule has 0 amide bonds. The van der Waals surface area contributed by atoms with E-state index in [0.717, 1.165) is 28.5 Å². The molecule has 2 aromatic rings. The van der Waals surface area contributed by atoms with Crippen molar-refractivity contribution in [2.45, 2.75) is 19.3 Å². The molecule has 4 heteroatoms. The molecule has 0 radical (unpaired) electrons. The Hall–Kier alpha value is -2.49. The highest BCUT2D eigenvalue weighted by Crippen LogP contribution is 2.69.